The smallest absolute Gasteiger partial charge is 0.385 e. The van der Waals surface area contributed by atoms with Gasteiger partial charge in [-0.2, -0.15) is 18.4 Å². The van der Waals surface area contributed by atoms with E-state index in [1.807, 2.05) is 38.1 Å². The van der Waals surface area contributed by atoms with E-state index in [-0.39, 0.29) is 6.04 Å². The summed E-state index contributed by atoms with van der Waals surface area (Å²) < 4.78 is 40.1. The molecule has 4 rings (SSSR count). The first kappa shape index (κ1) is 25.9. The Labute approximate surface area is 214 Å². The number of allylic oxidation sites excluding steroid dienone is 1. The number of hydrogen-bond donors (Lipinski definition) is 2. The highest BCUT2D eigenvalue weighted by Gasteiger charge is 2.32. The molecular weight excluding hydrogens is 477 g/mol. The summed E-state index contributed by atoms with van der Waals surface area (Å²) in [7, 11) is 3.90. The van der Waals surface area contributed by atoms with Crippen molar-refractivity contribution in [1.82, 2.24) is 20.2 Å². The highest BCUT2D eigenvalue weighted by Crippen LogP contribution is 2.40. The van der Waals surface area contributed by atoms with Gasteiger partial charge in [-0.3, -0.25) is 4.90 Å². The zero-order valence-electron chi connectivity index (χ0n) is 20.8. The normalized spacial score (nSPS) is 15.9. The predicted octanol–water partition coefficient (Wildman–Crippen LogP) is 5.90. The lowest BCUT2D eigenvalue weighted by molar-refractivity contribution is -0.137. The van der Waals surface area contributed by atoms with Gasteiger partial charge in [-0.25, -0.2) is 9.97 Å². The van der Waals surface area contributed by atoms with E-state index in [0.717, 1.165) is 40.2 Å². The van der Waals surface area contributed by atoms with E-state index in [2.05, 4.69) is 26.7 Å². The first-order chi connectivity index (χ1) is 17.7. The third-order valence-electron chi connectivity index (χ3n) is 6.20. The number of nitrogens with zero attached hydrogens (tertiary/aromatic N) is 4. The maximum atomic E-state index is 13.4. The van der Waals surface area contributed by atoms with Crippen molar-refractivity contribution < 1.29 is 13.2 Å². The standard InChI is InChI=1S/C28H27F3N6/c1-4-23-26(25(11-13-34-23)36-20-7-5-6-19(15-20)28(29,30)31)27(37(2)3)21-9-8-18(16-32)14-22(21)24-10-12-33-17-35-24/h4-10,12,14-15,17,27,34,36H,11,13H2,1-3H3. The Kier molecular flexibility index (Phi) is 7.60. The molecule has 1 aliphatic rings. The zero-order valence-corrected chi connectivity index (χ0v) is 20.8. The van der Waals surface area contributed by atoms with Gasteiger partial charge in [-0.05, 0) is 63.0 Å². The predicted molar refractivity (Wildman–Crippen MR) is 137 cm³/mol. The summed E-state index contributed by atoms with van der Waals surface area (Å²) >= 11 is 0. The lowest BCUT2D eigenvalue weighted by atomic mass is 9.86. The number of benzene rings is 2. The van der Waals surface area contributed by atoms with Crippen molar-refractivity contribution in [3.05, 3.63) is 101 Å². The van der Waals surface area contributed by atoms with Gasteiger partial charge in [0.25, 0.3) is 0 Å². The molecule has 0 aliphatic carbocycles. The molecule has 2 heterocycles. The fraction of sp³-hybridized carbons (Fsp3) is 0.250. The zero-order chi connectivity index (χ0) is 26.6. The SMILES string of the molecule is CC=C1NCCC(Nc2cccc(C(F)(F)F)c2)=C1C(c1ccc(C#N)cc1-c1ccncn1)N(C)C. The van der Waals surface area contributed by atoms with Crippen LogP contribution in [0.4, 0.5) is 18.9 Å². The number of nitrogens with one attached hydrogen (secondary N) is 2. The van der Waals surface area contributed by atoms with E-state index < -0.39 is 11.7 Å². The van der Waals surface area contributed by atoms with Gasteiger partial charge in [0, 0.05) is 47.4 Å². The second-order valence-corrected chi connectivity index (χ2v) is 8.85. The second kappa shape index (κ2) is 10.8. The lowest BCUT2D eigenvalue weighted by Gasteiger charge is -2.35. The fourth-order valence-corrected chi connectivity index (χ4v) is 4.59. The molecule has 0 radical (unpaired) electrons. The molecule has 0 spiro atoms. The Morgan fingerprint density at radius 3 is 2.62 bits per heavy atom. The summed E-state index contributed by atoms with van der Waals surface area (Å²) in [6.07, 6.45) is 1.23. The number of hydrogen-bond acceptors (Lipinski definition) is 6. The minimum absolute atomic E-state index is 0.301. The highest BCUT2D eigenvalue weighted by atomic mass is 19.4. The molecule has 1 atom stereocenters. The van der Waals surface area contributed by atoms with Crippen LogP contribution in [-0.4, -0.2) is 35.5 Å². The van der Waals surface area contributed by atoms with Crippen molar-refractivity contribution in [2.45, 2.75) is 25.6 Å². The summed E-state index contributed by atoms with van der Waals surface area (Å²) in [6.45, 7) is 2.56. The maximum Gasteiger partial charge on any atom is 0.416 e. The summed E-state index contributed by atoms with van der Waals surface area (Å²) in [5, 5.41) is 16.3. The molecular formula is C28H27F3N6. The molecule has 0 bridgehead atoms. The minimum Gasteiger partial charge on any atom is -0.385 e. The molecule has 1 aliphatic heterocycles. The van der Waals surface area contributed by atoms with E-state index in [1.54, 1.807) is 30.5 Å². The van der Waals surface area contributed by atoms with Crippen LogP contribution >= 0.6 is 0 Å². The largest absolute Gasteiger partial charge is 0.416 e. The third-order valence-corrected chi connectivity index (χ3v) is 6.20. The van der Waals surface area contributed by atoms with Gasteiger partial charge in [0.2, 0.25) is 0 Å². The van der Waals surface area contributed by atoms with Gasteiger partial charge < -0.3 is 10.6 Å². The van der Waals surface area contributed by atoms with Crippen molar-refractivity contribution in [3.63, 3.8) is 0 Å². The average molecular weight is 505 g/mol. The molecule has 0 amide bonds. The molecule has 190 valence electrons. The van der Waals surface area contributed by atoms with Crippen LogP contribution in [0.25, 0.3) is 11.3 Å². The van der Waals surface area contributed by atoms with Crippen LogP contribution in [-0.2, 0) is 6.18 Å². The Morgan fingerprint density at radius 2 is 1.97 bits per heavy atom. The molecule has 0 fully saturated rings. The van der Waals surface area contributed by atoms with Gasteiger partial charge in [0.05, 0.1) is 28.9 Å². The quantitative estimate of drug-likeness (QED) is 0.435. The van der Waals surface area contributed by atoms with Crippen molar-refractivity contribution in [2.75, 3.05) is 26.0 Å². The van der Waals surface area contributed by atoms with Crippen LogP contribution in [0.3, 0.4) is 0 Å². The topological polar surface area (TPSA) is 76.9 Å². The van der Waals surface area contributed by atoms with E-state index in [0.29, 0.717) is 29.9 Å². The van der Waals surface area contributed by atoms with Crippen LogP contribution in [0, 0.1) is 11.3 Å². The van der Waals surface area contributed by atoms with Gasteiger partial charge in [-0.1, -0.05) is 18.2 Å². The number of alkyl halides is 3. The summed E-state index contributed by atoms with van der Waals surface area (Å²) in [6, 6.07) is 14.4. The summed E-state index contributed by atoms with van der Waals surface area (Å²) in [4.78, 5) is 10.5. The number of anilines is 1. The average Bonchev–Trinajstić information content (AvgIpc) is 2.89. The van der Waals surface area contributed by atoms with Crippen LogP contribution < -0.4 is 10.6 Å². The van der Waals surface area contributed by atoms with Gasteiger partial charge in [0.15, 0.2) is 0 Å². The summed E-state index contributed by atoms with van der Waals surface area (Å²) in [5.41, 5.74) is 5.15. The van der Waals surface area contributed by atoms with Crippen molar-refractivity contribution in [3.8, 4) is 17.3 Å². The molecule has 6 nitrogen and oxygen atoms in total. The summed E-state index contributed by atoms with van der Waals surface area (Å²) in [5.74, 6) is 0. The molecule has 9 heteroatoms. The Bertz CT molecular complexity index is 1370. The Morgan fingerprint density at radius 1 is 1.16 bits per heavy atom. The van der Waals surface area contributed by atoms with Crippen LogP contribution in [0.2, 0.25) is 0 Å². The highest BCUT2D eigenvalue weighted by molar-refractivity contribution is 5.68. The number of likely N-dealkylation sites (N-methyl/N-ethyl adjacent to an activating group) is 1. The Balaban J connectivity index is 1.90. The van der Waals surface area contributed by atoms with Gasteiger partial charge >= 0.3 is 6.18 Å². The number of halogens is 3. The monoisotopic (exact) mass is 504 g/mol. The molecule has 1 aromatic heterocycles. The number of rotatable bonds is 6. The van der Waals surface area contributed by atoms with E-state index in [4.69, 9.17) is 0 Å². The van der Waals surface area contributed by atoms with Crippen LogP contribution in [0.1, 0.15) is 36.1 Å². The molecule has 2 N–H and O–H groups in total. The number of aromatic nitrogens is 2. The van der Waals surface area contributed by atoms with Crippen molar-refractivity contribution in [2.24, 2.45) is 0 Å². The molecule has 37 heavy (non-hydrogen) atoms. The van der Waals surface area contributed by atoms with Crippen LogP contribution in [0.5, 0.6) is 0 Å². The van der Waals surface area contributed by atoms with E-state index in [1.165, 1.54) is 12.4 Å². The van der Waals surface area contributed by atoms with Gasteiger partial charge in [-0.15, -0.1) is 0 Å². The van der Waals surface area contributed by atoms with Crippen molar-refractivity contribution in [1.29, 1.82) is 5.26 Å². The molecule has 0 saturated heterocycles. The van der Waals surface area contributed by atoms with Crippen molar-refractivity contribution >= 4 is 5.69 Å². The minimum atomic E-state index is -4.43. The number of nitriles is 1. The fourth-order valence-electron chi connectivity index (χ4n) is 4.59. The lowest BCUT2D eigenvalue weighted by Crippen LogP contribution is -2.33. The van der Waals surface area contributed by atoms with E-state index in [9.17, 15) is 18.4 Å². The Hall–Kier alpha value is -4.16. The molecule has 2 aromatic carbocycles. The molecule has 0 saturated carbocycles. The van der Waals surface area contributed by atoms with E-state index >= 15 is 0 Å². The first-order valence-corrected chi connectivity index (χ1v) is 11.8. The van der Waals surface area contributed by atoms with Gasteiger partial charge in [0.1, 0.15) is 6.33 Å². The molecule has 3 aromatic rings. The van der Waals surface area contributed by atoms with Crippen LogP contribution in [0.15, 0.2) is 84.1 Å². The third kappa shape index (κ3) is 5.65. The second-order valence-electron chi connectivity index (χ2n) is 8.85. The maximum absolute atomic E-state index is 13.4. The first-order valence-electron chi connectivity index (χ1n) is 11.8. The molecule has 1 unspecified atom stereocenters.